The highest BCUT2D eigenvalue weighted by molar-refractivity contribution is 6.23. The molecule has 0 aliphatic carbocycles. The normalized spacial score (nSPS) is 11.7. The van der Waals surface area contributed by atoms with Crippen LogP contribution in [0, 0.1) is 0 Å². The Hall–Kier alpha value is -7.95. The van der Waals surface area contributed by atoms with E-state index in [1.807, 2.05) is 30.3 Å². The molecule has 4 nitrogen and oxygen atoms in total. The van der Waals surface area contributed by atoms with E-state index in [0.29, 0.717) is 17.5 Å². The summed E-state index contributed by atoms with van der Waals surface area (Å²) < 4.78 is 6.38. The molecule has 0 atom stereocenters. The minimum absolute atomic E-state index is 0.613. The van der Waals surface area contributed by atoms with Crippen molar-refractivity contribution < 1.29 is 4.42 Å². The molecule has 12 aromatic rings. The molecule has 0 saturated heterocycles. The maximum absolute atomic E-state index is 6.38. The second-order valence-corrected chi connectivity index (χ2v) is 15.1. The molecule has 0 amide bonds. The predicted molar refractivity (Wildman–Crippen MR) is 244 cm³/mol. The molecule has 0 aliphatic rings. The third-order valence-electron chi connectivity index (χ3n) is 11.7. The Bertz CT molecular complexity index is 3610. The van der Waals surface area contributed by atoms with Gasteiger partial charge in [0.05, 0.1) is 0 Å². The van der Waals surface area contributed by atoms with Gasteiger partial charge in [-0.15, -0.1) is 0 Å². The number of furan rings is 1. The van der Waals surface area contributed by atoms with Crippen molar-refractivity contribution >= 4 is 65.0 Å². The number of fused-ring (bicyclic) bond motifs is 8. The minimum Gasteiger partial charge on any atom is -0.455 e. The van der Waals surface area contributed by atoms with Gasteiger partial charge in [-0.1, -0.05) is 182 Å². The van der Waals surface area contributed by atoms with Gasteiger partial charge in [0.1, 0.15) is 11.2 Å². The van der Waals surface area contributed by atoms with E-state index in [0.717, 1.165) is 60.5 Å². The number of aromatic nitrogens is 3. The van der Waals surface area contributed by atoms with Crippen LogP contribution in [0.5, 0.6) is 0 Å². The molecular weight excluding hydrogens is 719 g/mol. The smallest absolute Gasteiger partial charge is 0.164 e. The van der Waals surface area contributed by atoms with Gasteiger partial charge in [-0.25, -0.2) is 15.0 Å². The fraction of sp³-hybridized carbons (Fsp3) is 0. The first kappa shape index (κ1) is 33.2. The Morgan fingerprint density at radius 2 is 0.864 bits per heavy atom. The Morgan fingerprint density at radius 1 is 0.288 bits per heavy atom. The average Bonchev–Trinajstić information content (AvgIpc) is 3.70. The first-order valence-electron chi connectivity index (χ1n) is 19.9. The maximum Gasteiger partial charge on any atom is 0.164 e. The Morgan fingerprint density at radius 3 is 1.66 bits per heavy atom. The van der Waals surface area contributed by atoms with Crippen molar-refractivity contribution in [1.29, 1.82) is 0 Å². The molecule has 0 saturated carbocycles. The van der Waals surface area contributed by atoms with Gasteiger partial charge in [-0.05, 0) is 78.0 Å². The van der Waals surface area contributed by atoms with Crippen LogP contribution in [0.25, 0.3) is 121 Å². The molecule has 10 aromatic carbocycles. The fourth-order valence-electron chi connectivity index (χ4n) is 8.94. The van der Waals surface area contributed by atoms with E-state index in [2.05, 4.69) is 170 Å². The second kappa shape index (κ2) is 13.3. The quantitative estimate of drug-likeness (QED) is 0.130. The molecule has 0 fully saturated rings. The summed E-state index contributed by atoms with van der Waals surface area (Å²) in [6.07, 6.45) is 0. The van der Waals surface area contributed by atoms with E-state index in [1.54, 1.807) is 0 Å². The van der Waals surface area contributed by atoms with Crippen LogP contribution in [0.3, 0.4) is 0 Å². The SMILES string of the molecule is c1ccc(-c2nc(-c3ccc(-c4cccc5c4oc4ccccc45)cc3)nc(-c3ccc(-c4c5ccccc5cc5c4ccc4ccccc45)c4ccccc34)n2)cc1. The van der Waals surface area contributed by atoms with Crippen molar-refractivity contribution in [2.24, 2.45) is 0 Å². The molecule has 59 heavy (non-hydrogen) atoms. The highest BCUT2D eigenvalue weighted by Gasteiger charge is 2.19. The minimum atomic E-state index is 0.613. The van der Waals surface area contributed by atoms with Crippen LogP contribution in [0.1, 0.15) is 0 Å². The van der Waals surface area contributed by atoms with Gasteiger partial charge in [-0.3, -0.25) is 0 Å². The molecule has 0 N–H and O–H groups in total. The summed E-state index contributed by atoms with van der Waals surface area (Å²) in [6.45, 7) is 0. The first-order valence-corrected chi connectivity index (χ1v) is 19.9. The lowest BCUT2D eigenvalue weighted by Gasteiger charge is -2.17. The van der Waals surface area contributed by atoms with Crippen LogP contribution in [-0.4, -0.2) is 15.0 Å². The molecule has 4 heteroatoms. The van der Waals surface area contributed by atoms with Crippen LogP contribution < -0.4 is 0 Å². The van der Waals surface area contributed by atoms with Gasteiger partial charge < -0.3 is 4.42 Å². The van der Waals surface area contributed by atoms with E-state index in [4.69, 9.17) is 19.4 Å². The summed E-state index contributed by atoms with van der Waals surface area (Å²) in [5.41, 5.74) is 9.07. The molecule has 12 rings (SSSR count). The van der Waals surface area contributed by atoms with Crippen molar-refractivity contribution in [2.45, 2.75) is 0 Å². The van der Waals surface area contributed by atoms with Crippen LogP contribution in [0.15, 0.2) is 205 Å². The number of benzene rings is 10. The molecule has 2 aromatic heterocycles. The Kier molecular flexibility index (Phi) is 7.50. The third-order valence-corrected chi connectivity index (χ3v) is 11.7. The highest BCUT2D eigenvalue weighted by atomic mass is 16.3. The summed E-state index contributed by atoms with van der Waals surface area (Å²) in [6, 6.07) is 70.5. The summed E-state index contributed by atoms with van der Waals surface area (Å²) in [4.78, 5) is 15.5. The Labute approximate surface area is 339 Å². The van der Waals surface area contributed by atoms with Crippen molar-refractivity contribution in [3.63, 3.8) is 0 Å². The lowest BCUT2D eigenvalue weighted by molar-refractivity contribution is 0.670. The van der Waals surface area contributed by atoms with E-state index in [1.165, 1.54) is 43.4 Å². The molecule has 0 aliphatic heterocycles. The van der Waals surface area contributed by atoms with E-state index in [-0.39, 0.29) is 0 Å². The average molecular weight is 752 g/mol. The molecular formula is C55H33N3O. The summed E-state index contributed by atoms with van der Waals surface area (Å²) in [5, 5.41) is 11.9. The van der Waals surface area contributed by atoms with Crippen LogP contribution in [-0.2, 0) is 0 Å². The summed E-state index contributed by atoms with van der Waals surface area (Å²) >= 11 is 0. The Balaban J connectivity index is 1.03. The largest absolute Gasteiger partial charge is 0.455 e. The maximum atomic E-state index is 6.38. The molecule has 0 spiro atoms. The van der Waals surface area contributed by atoms with Crippen molar-refractivity contribution in [2.75, 3.05) is 0 Å². The molecule has 0 unspecified atom stereocenters. The van der Waals surface area contributed by atoms with E-state index in [9.17, 15) is 0 Å². The van der Waals surface area contributed by atoms with Gasteiger partial charge >= 0.3 is 0 Å². The van der Waals surface area contributed by atoms with E-state index >= 15 is 0 Å². The van der Waals surface area contributed by atoms with Gasteiger partial charge in [0.2, 0.25) is 0 Å². The second-order valence-electron chi connectivity index (χ2n) is 15.1. The van der Waals surface area contributed by atoms with Crippen molar-refractivity contribution in [3.05, 3.63) is 200 Å². The number of hydrogen-bond donors (Lipinski definition) is 0. The highest BCUT2D eigenvalue weighted by Crippen LogP contribution is 2.44. The zero-order valence-electron chi connectivity index (χ0n) is 31.8. The third kappa shape index (κ3) is 5.42. The van der Waals surface area contributed by atoms with Crippen LogP contribution >= 0.6 is 0 Å². The van der Waals surface area contributed by atoms with Crippen LogP contribution in [0.2, 0.25) is 0 Å². The first-order chi connectivity index (χ1) is 29.2. The van der Waals surface area contributed by atoms with Crippen LogP contribution in [0.4, 0.5) is 0 Å². The predicted octanol–water partition coefficient (Wildman–Crippen LogP) is 14.7. The number of nitrogens with zero attached hydrogens (tertiary/aromatic N) is 3. The number of para-hydroxylation sites is 2. The van der Waals surface area contributed by atoms with Gasteiger partial charge in [-0.2, -0.15) is 0 Å². The summed E-state index contributed by atoms with van der Waals surface area (Å²) in [5.74, 6) is 1.87. The zero-order chi connectivity index (χ0) is 38.9. The molecule has 274 valence electrons. The van der Waals surface area contributed by atoms with Gasteiger partial charge in [0.25, 0.3) is 0 Å². The van der Waals surface area contributed by atoms with Gasteiger partial charge in [0.15, 0.2) is 17.5 Å². The summed E-state index contributed by atoms with van der Waals surface area (Å²) in [7, 11) is 0. The molecule has 2 heterocycles. The number of rotatable bonds is 5. The fourth-order valence-corrected chi connectivity index (χ4v) is 8.94. The lowest BCUT2D eigenvalue weighted by Crippen LogP contribution is -2.01. The van der Waals surface area contributed by atoms with Gasteiger partial charge in [0, 0.05) is 33.0 Å². The number of hydrogen-bond acceptors (Lipinski definition) is 4. The van der Waals surface area contributed by atoms with Crippen molar-refractivity contribution in [1.82, 2.24) is 15.0 Å². The van der Waals surface area contributed by atoms with Crippen molar-refractivity contribution in [3.8, 4) is 56.4 Å². The zero-order valence-corrected chi connectivity index (χ0v) is 31.8. The molecule has 0 radical (unpaired) electrons. The van der Waals surface area contributed by atoms with E-state index < -0.39 is 0 Å². The lowest BCUT2D eigenvalue weighted by atomic mass is 9.87. The standard InChI is InChI=1S/C55H33N3O/c1-2-14-36(15-3-1)53-56-54(37-27-25-35(26-28-37)41-22-12-23-47-44-21-10-11-24-50(44)59-52(41)47)58-55(57-53)48-32-31-45(42-19-8-9-20-43(42)48)51-40-18-7-5-16-38(40)33-49-39-17-6-4-13-34(39)29-30-46(49)51/h1-33H. The molecule has 0 bridgehead atoms. The monoisotopic (exact) mass is 751 g/mol. The topological polar surface area (TPSA) is 51.8 Å².